The third-order valence-corrected chi connectivity index (χ3v) is 12.3. The van der Waals surface area contributed by atoms with Crippen molar-refractivity contribution in [2.24, 2.45) is 0 Å². The van der Waals surface area contributed by atoms with E-state index in [0.29, 0.717) is 0 Å². The third-order valence-electron chi connectivity index (χ3n) is 12.3. The van der Waals surface area contributed by atoms with E-state index in [1.165, 1.54) is 66.2 Å². The quantitative estimate of drug-likeness (QED) is 0.168. The average Bonchev–Trinajstić information content (AvgIpc) is 3.63. The van der Waals surface area contributed by atoms with Crippen LogP contribution in [0.25, 0.3) is 65.7 Å². The highest BCUT2D eigenvalue weighted by Gasteiger charge is 2.26. The standard InChI is InChI=1S/C56H44N2O/c1-35-14-9-11-19-51(35)58(52-20-13-18-46-45-17-10-12-21-54(45)59-55(46)52)44-27-24-38-31-48-49-32-39-28-43(26-23-37(39)30-47(49)50(48)33-40(38)29-44)57(42-15-7-6-8-16-42)53-34-41(56(3,4)5)25-22-36(53)2/h6-34H,1-5H3. The molecule has 0 amide bonds. The Morgan fingerprint density at radius 2 is 0.949 bits per heavy atom. The van der Waals surface area contributed by atoms with Crippen LogP contribution in [0.5, 0.6) is 0 Å². The van der Waals surface area contributed by atoms with Crippen molar-refractivity contribution in [3.63, 3.8) is 0 Å². The molecule has 10 aromatic rings. The summed E-state index contributed by atoms with van der Waals surface area (Å²) in [7, 11) is 0. The van der Waals surface area contributed by atoms with Crippen molar-refractivity contribution >= 4 is 77.6 Å². The molecule has 0 fully saturated rings. The Balaban J connectivity index is 1.01. The van der Waals surface area contributed by atoms with E-state index in [9.17, 15) is 0 Å². The summed E-state index contributed by atoms with van der Waals surface area (Å²) in [4.78, 5) is 4.77. The first kappa shape index (κ1) is 35.1. The molecule has 0 saturated carbocycles. The van der Waals surface area contributed by atoms with Crippen LogP contribution in [0.3, 0.4) is 0 Å². The Morgan fingerprint density at radius 3 is 1.63 bits per heavy atom. The maximum Gasteiger partial charge on any atom is 0.159 e. The maximum atomic E-state index is 6.60. The largest absolute Gasteiger partial charge is 0.454 e. The fourth-order valence-electron chi connectivity index (χ4n) is 9.13. The summed E-state index contributed by atoms with van der Waals surface area (Å²) < 4.78 is 6.60. The van der Waals surface area contributed by atoms with Crippen LogP contribution in [-0.2, 0) is 5.41 Å². The first-order chi connectivity index (χ1) is 28.7. The van der Waals surface area contributed by atoms with E-state index >= 15 is 0 Å². The highest BCUT2D eigenvalue weighted by atomic mass is 16.3. The number of rotatable bonds is 6. The lowest BCUT2D eigenvalue weighted by Gasteiger charge is -2.30. The van der Waals surface area contributed by atoms with Crippen LogP contribution in [0.15, 0.2) is 180 Å². The zero-order valence-corrected chi connectivity index (χ0v) is 34.0. The molecule has 284 valence electrons. The van der Waals surface area contributed by atoms with Crippen molar-refractivity contribution in [2.45, 2.75) is 40.0 Å². The molecule has 9 aromatic carbocycles. The second kappa shape index (κ2) is 13.2. The summed E-state index contributed by atoms with van der Waals surface area (Å²) >= 11 is 0. The van der Waals surface area contributed by atoms with Crippen molar-refractivity contribution < 1.29 is 4.42 Å². The molecule has 0 atom stereocenters. The van der Waals surface area contributed by atoms with Gasteiger partial charge in [-0.3, -0.25) is 0 Å². The van der Waals surface area contributed by atoms with E-state index in [0.717, 1.165) is 50.4 Å². The molecule has 1 aromatic heterocycles. The number of hydrogen-bond acceptors (Lipinski definition) is 3. The Bertz CT molecular complexity index is 3290. The number of benzene rings is 9. The van der Waals surface area contributed by atoms with Crippen molar-refractivity contribution in [2.75, 3.05) is 9.80 Å². The first-order valence-electron chi connectivity index (χ1n) is 20.6. The van der Waals surface area contributed by atoms with E-state index in [1.54, 1.807) is 0 Å². The van der Waals surface area contributed by atoms with Gasteiger partial charge in [0.1, 0.15) is 5.58 Å². The van der Waals surface area contributed by atoms with E-state index in [2.05, 4.69) is 214 Å². The minimum Gasteiger partial charge on any atom is -0.454 e. The SMILES string of the molecule is Cc1ccc(C(C)(C)C)cc1N(c1ccccc1)c1ccc2cc3c(cc2c1)-c1cc2ccc(N(c4ccccc4C)c4cccc5c4oc4ccccc45)cc2cc1-3. The van der Waals surface area contributed by atoms with E-state index in [1.807, 2.05) is 6.07 Å². The van der Waals surface area contributed by atoms with E-state index in [-0.39, 0.29) is 5.41 Å². The minimum absolute atomic E-state index is 0.0417. The molecular formula is C56H44N2O. The second-order valence-electron chi connectivity index (χ2n) is 17.2. The van der Waals surface area contributed by atoms with Crippen LogP contribution >= 0.6 is 0 Å². The lowest BCUT2D eigenvalue weighted by atomic mass is 9.78. The van der Waals surface area contributed by atoms with Gasteiger partial charge in [-0.1, -0.05) is 112 Å². The van der Waals surface area contributed by atoms with Gasteiger partial charge in [-0.15, -0.1) is 0 Å². The van der Waals surface area contributed by atoms with Gasteiger partial charge in [0.2, 0.25) is 0 Å². The molecule has 59 heavy (non-hydrogen) atoms. The topological polar surface area (TPSA) is 19.6 Å². The predicted octanol–water partition coefficient (Wildman–Crippen LogP) is 16.4. The van der Waals surface area contributed by atoms with Gasteiger partial charge in [0.25, 0.3) is 0 Å². The van der Waals surface area contributed by atoms with Gasteiger partial charge in [0.15, 0.2) is 5.58 Å². The van der Waals surface area contributed by atoms with Crippen LogP contribution in [-0.4, -0.2) is 0 Å². The molecule has 0 aliphatic heterocycles. The normalized spacial score (nSPS) is 12.2. The van der Waals surface area contributed by atoms with Gasteiger partial charge in [-0.05, 0) is 165 Å². The molecule has 0 spiro atoms. The van der Waals surface area contributed by atoms with Gasteiger partial charge < -0.3 is 14.2 Å². The summed E-state index contributed by atoms with van der Waals surface area (Å²) in [6, 6.07) is 64.4. The van der Waals surface area contributed by atoms with Gasteiger partial charge in [0, 0.05) is 39.2 Å². The molecule has 3 heteroatoms. The molecule has 0 unspecified atom stereocenters. The minimum atomic E-state index is 0.0417. The summed E-state index contributed by atoms with van der Waals surface area (Å²) in [5.74, 6) is 0. The summed E-state index contributed by atoms with van der Waals surface area (Å²) in [6.45, 7) is 11.2. The van der Waals surface area contributed by atoms with E-state index < -0.39 is 0 Å². The molecule has 11 rings (SSSR count). The Hall–Kier alpha value is -7.10. The number of nitrogens with zero attached hydrogens (tertiary/aromatic N) is 2. The zero-order valence-electron chi connectivity index (χ0n) is 34.0. The Labute approximate surface area is 345 Å². The summed E-state index contributed by atoms with van der Waals surface area (Å²) in [6.07, 6.45) is 0. The summed E-state index contributed by atoms with van der Waals surface area (Å²) in [5, 5.41) is 7.16. The number of fused-ring (bicyclic) bond motifs is 9. The predicted molar refractivity (Wildman–Crippen MR) is 251 cm³/mol. The van der Waals surface area contributed by atoms with Gasteiger partial charge in [0.05, 0.1) is 5.69 Å². The lowest BCUT2D eigenvalue weighted by Crippen LogP contribution is -2.15. The average molecular weight is 761 g/mol. The van der Waals surface area contributed by atoms with Crippen molar-refractivity contribution in [3.05, 3.63) is 193 Å². The number of aryl methyl sites for hydroxylation is 2. The number of hydrogen-bond donors (Lipinski definition) is 0. The number of furan rings is 1. The molecule has 0 radical (unpaired) electrons. The van der Waals surface area contributed by atoms with E-state index in [4.69, 9.17) is 4.42 Å². The van der Waals surface area contributed by atoms with Gasteiger partial charge in [-0.2, -0.15) is 0 Å². The third kappa shape index (κ3) is 5.72. The molecule has 0 saturated heterocycles. The zero-order chi connectivity index (χ0) is 40.0. The molecule has 1 aliphatic carbocycles. The van der Waals surface area contributed by atoms with Crippen molar-refractivity contribution in [3.8, 4) is 22.3 Å². The molecule has 0 N–H and O–H groups in total. The monoisotopic (exact) mass is 760 g/mol. The number of anilines is 6. The smallest absolute Gasteiger partial charge is 0.159 e. The maximum absolute atomic E-state index is 6.60. The van der Waals surface area contributed by atoms with Crippen LogP contribution in [0.1, 0.15) is 37.5 Å². The summed E-state index contributed by atoms with van der Waals surface area (Å²) in [5.41, 5.74) is 17.6. The first-order valence-corrected chi connectivity index (χ1v) is 20.6. The van der Waals surface area contributed by atoms with Gasteiger partial charge in [-0.25, -0.2) is 0 Å². The molecule has 3 nitrogen and oxygen atoms in total. The van der Waals surface area contributed by atoms with Crippen LogP contribution < -0.4 is 9.80 Å². The van der Waals surface area contributed by atoms with Crippen LogP contribution in [0, 0.1) is 13.8 Å². The number of para-hydroxylation sites is 4. The fraction of sp³-hybridized carbons (Fsp3) is 0.107. The molecule has 0 bridgehead atoms. The van der Waals surface area contributed by atoms with Crippen LogP contribution in [0.4, 0.5) is 34.1 Å². The molecule has 1 aliphatic rings. The molecular weight excluding hydrogens is 717 g/mol. The Morgan fingerprint density at radius 1 is 0.390 bits per heavy atom. The lowest BCUT2D eigenvalue weighted by molar-refractivity contribution is 0.590. The van der Waals surface area contributed by atoms with Crippen LogP contribution in [0.2, 0.25) is 0 Å². The fourth-order valence-corrected chi connectivity index (χ4v) is 9.13. The Kier molecular flexibility index (Phi) is 7.87. The van der Waals surface area contributed by atoms with Crippen molar-refractivity contribution in [1.29, 1.82) is 0 Å². The molecule has 1 heterocycles. The highest BCUT2D eigenvalue weighted by Crippen LogP contribution is 2.52. The van der Waals surface area contributed by atoms with Crippen molar-refractivity contribution in [1.82, 2.24) is 0 Å². The second-order valence-corrected chi connectivity index (χ2v) is 17.2. The van der Waals surface area contributed by atoms with Gasteiger partial charge >= 0.3 is 0 Å². The highest BCUT2D eigenvalue weighted by molar-refractivity contribution is 6.13.